The summed E-state index contributed by atoms with van der Waals surface area (Å²) in [7, 11) is 1.60. The zero-order valence-corrected chi connectivity index (χ0v) is 15.0. The van der Waals surface area contributed by atoms with Crippen molar-refractivity contribution in [2.45, 2.75) is 19.4 Å². The average molecular weight is 395 g/mol. The van der Waals surface area contributed by atoms with E-state index in [9.17, 15) is 9.59 Å². The molecule has 1 aromatic rings. The van der Waals surface area contributed by atoms with Gasteiger partial charge < -0.3 is 20.0 Å². The minimum atomic E-state index is -0.309. The Morgan fingerprint density at radius 2 is 2.18 bits per heavy atom. The van der Waals surface area contributed by atoms with E-state index in [2.05, 4.69) is 15.9 Å². The highest BCUT2D eigenvalue weighted by Gasteiger charge is 2.32. The third kappa shape index (κ3) is 4.24. The summed E-state index contributed by atoms with van der Waals surface area (Å²) in [5, 5.41) is 0. The summed E-state index contributed by atoms with van der Waals surface area (Å²) in [5.74, 6) is 0.202. The molecule has 2 rings (SSSR count). The molecule has 1 aromatic heterocycles. The van der Waals surface area contributed by atoms with Gasteiger partial charge in [-0.1, -0.05) is 0 Å². The molecule has 8 heteroatoms. The van der Waals surface area contributed by atoms with E-state index in [1.54, 1.807) is 24.1 Å². The summed E-state index contributed by atoms with van der Waals surface area (Å²) >= 11 is 3.15. The monoisotopic (exact) mass is 393 g/mol. The lowest BCUT2D eigenvalue weighted by atomic mass is 10.1. The molecular weight excluding hydrogens is 374 g/mol. The van der Waals surface area contributed by atoms with Crippen LogP contribution >= 0.6 is 28.3 Å². The van der Waals surface area contributed by atoms with Crippen LogP contribution in [0.25, 0.3) is 0 Å². The summed E-state index contributed by atoms with van der Waals surface area (Å²) in [6.07, 6.45) is 0.922. The average Bonchev–Trinajstić information content (AvgIpc) is 3.03. The third-order valence-electron chi connectivity index (χ3n) is 3.82. The van der Waals surface area contributed by atoms with Gasteiger partial charge in [0.25, 0.3) is 5.91 Å². The molecule has 0 aromatic carbocycles. The summed E-state index contributed by atoms with van der Waals surface area (Å²) < 4.78 is 5.70. The third-order valence-corrected chi connectivity index (χ3v) is 4.24. The molecule has 1 fully saturated rings. The molecule has 2 atom stereocenters. The van der Waals surface area contributed by atoms with Gasteiger partial charge in [-0.15, -0.1) is 12.4 Å². The maximum atomic E-state index is 12.3. The minimum Gasteiger partial charge on any atom is -0.444 e. The molecule has 1 aliphatic heterocycles. The SMILES string of the molecule is CC1CC(CN)CN1C(=O)CN(C)C(=O)c1ccc(Br)o1.Cl. The molecule has 0 spiro atoms. The highest BCUT2D eigenvalue weighted by atomic mass is 79.9. The lowest BCUT2D eigenvalue weighted by Gasteiger charge is -2.24. The highest BCUT2D eigenvalue weighted by molar-refractivity contribution is 9.10. The van der Waals surface area contributed by atoms with Gasteiger partial charge in [0.15, 0.2) is 10.4 Å². The number of nitrogens with two attached hydrogens (primary N) is 1. The van der Waals surface area contributed by atoms with Crippen molar-refractivity contribution in [3.8, 4) is 0 Å². The Hall–Kier alpha value is -1.05. The molecule has 2 N–H and O–H groups in total. The minimum absolute atomic E-state index is 0. The second-order valence-electron chi connectivity index (χ2n) is 5.50. The zero-order chi connectivity index (χ0) is 15.6. The molecule has 1 aliphatic rings. The Morgan fingerprint density at radius 1 is 1.50 bits per heavy atom. The predicted molar refractivity (Wildman–Crippen MR) is 89.0 cm³/mol. The van der Waals surface area contributed by atoms with Crippen LogP contribution < -0.4 is 5.73 Å². The van der Waals surface area contributed by atoms with Gasteiger partial charge in [0.1, 0.15) is 0 Å². The fourth-order valence-corrected chi connectivity index (χ4v) is 2.95. The van der Waals surface area contributed by atoms with Crippen LogP contribution in [0.5, 0.6) is 0 Å². The van der Waals surface area contributed by atoms with E-state index in [-0.39, 0.29) is 42.6 Å². The largest absolute Gasteiger partial charge is 0.444 e. The fraction of sp³-hybridized carbons (Fsp3) is 0.571. The fourth-order valence-electron chi connectivity index (χ4n) is 2.64. The lowest BCUT2D eigenvalue weighted by molar-refractivity contribution is -0.132. The van der Waals surface area contributed by atoms with E-state index in [0.29, 0.717) is 23.7 Å². The molecule has 2 amide bonds. The van der Waals surface area contributed by atoms with Gasteiger partial charge in [-0.3, -0.25) is 9.59 Å². The van der Waals surface area contributed by atoms with Crippen molar-refractivity contribution in [3.63, 3.8) is 0 Å². The second-order valence-corrected chi connectivity index (χ2v) is 6.28. The standard InChI is InChI=1S/C14H20BrN3O3.ClH/c1-9-5-10(6-16)7-18(9)13(19)8-17(2)14(20)11-3-4-12(15)21-11;/h3-4,9-10H,5-8,16H2,1-2H3;1H. The van der Waals surface area contributed by atoms with E-state index >= 15 is 0 Å². The first-order chi connectivity index (χ1) is 9.92. The molecule has 2 unspecified atom stereocenters. The van der Waals surface area contributed by atoms with Crippen LogP contribution in [-0.2, 0) is 4.79 Å². The number of furan rings is 1. The van der Waals surface area contributed by atoms with Crippen LogP contribution in [-0.4, -0.2) is 54.3 Å². The Balaban J connectivity index is 0.00000242. The van der Waals surface area contributed by atoms with Crippen LogP contribution in [0.4, 0.5) is 0 Å². The Labute approximate surface area is 144 Å². The first kappa shape index (κ1) is 19.0. The summed E-state index contributed by atoms with van der Waals surface area (Å²) in [6, 6.07) is 3.40. The summed E-state index contributed by atoms with van der Waals surface area (Å²) in [6.45, 7) is 3.31. The number of hydrogen-bond acceptors (Lipinski definition) is 4. The van der Waals surface area contributed by atoms with Crippen molar-refractivity contribution < 1.29 is 14.0 Å². The molecule has 2 heterocycles. The number of rotatable bonds is 4. The van der Waals surface area contributed by atoms with Crippen LogP contribution in [0, 0.1) is 5.92 Å². The molecule has 22 heavy (non-hydrogen) atoms. The smallest absolute Gasteiger partial charge is 0.289 e. The number of halogens is 2. The molecule has 124 valence electrons. The van der Waals surface area contributed by atoms with Crippen molar-refractivity contribution in [1.82, 2.24) is 9.80 Å². The number of carbonyl (C=O) groups excluding carboxylic acids is 2. The normalized spacial score (nSPS) is 20.6. The van der Waals surface area contributed by atoms with Gasteiger partial charge in [-0.05, 0) is 53.9 Å². The highest BCUT2D eigenvalue weighted by Crippen LogP contribution is 2.22. The Morgan fingerprint density at radius 3 is 2.68 bits per heavy atom. The quantitative estimate of drug-likeness (QED) is 0.843. The number of likely N-dealkylation sites (N-methyl/N-ethyl adjacent to an activating group) is 1. The topological polar surface area (TPSA) is 79.8 Å². The first-order valence-electron chi connectivity index (χ1n) is 6.92. The van der Waals surface area contributed by atoms with Gasteiger partial charge in [-0.2, -0.15) is 0 Å². The first-order valence-corrected chi connectivity index (χ1v) is 7.72. The molecule has 6 nitrogen and oxygen atoms in total. The van der Waals surface area contributed by atoms with Crippen LogP contribution in [0.15, 0.2) is 21.2 Å². The van der Waals surface area contributed by atoms with E-state index < -0.39 is 0 Å². The number of carbonyl (C=O) groups is 2. The van der Waals surface area contributed by atoms with Crippen molar-refractivity contribution in [2.75, 3.05) is 26.7 Å². The Kier molecular flexibility index (Phi) is 6.90. The van der Waals surface area contributed by atoms with Crippen molar-refractivity contribution in [1.29, 1.82) is 0 Å². The van der Waals surface area contributed by atoms with Crippen LogP contribution in [0.1, 0.15) is 23.9 Å². The van der Waals surface area contributed by atoms with Crippen LogP contribution in [0.2, 0.25) is 0 Å². The maximum absolute atomic E-state index is 12.3. The molecule has 1 saturated heterocycles. The summed E-state index contributed by atoms with van der Waals surface area (Å²) in [4.78, 5) is 27.6. The van der Waals surface area contributed by atoms with E-state index in [0.717, 1.165) is 6.42 Å². The number of nitrogens with zero attached hydrogens (tertiary/aromatic N) is 2. The molecular formula is C14H21BrClN3O3. The number of amides is 2. The van der Waals surface area contributed by atoms with E-state index in [1.807, 2.05) is 6.92 Å². The zero-order valence-electron chi connectivity index (χ0n) is 12.6. The molecule has 0 radical (unpaired) electrons. The van der Waals surface area contributed by atoms with Gasteiger partial charge in [0, 0.05) is 19.6 Å². The van der Waals surface area contributed by atoms with Crippen molar-refractivity contribution in [2.24, 2.45) is 11.7 Å². The maximum Gasteiger partial charge on any atom is 0.289 e. The lowest BCUT2D eigenvalue weighted by Crippen LogP contribution is -2.42. The van der Waals surface area contributed by atoms with Crippen LogP contribution in [0.3, 0.4) is 0 Å². The Bertz CT molecular complexity index is 537. The van der Waals surface area contributed by atoms with Gasteiger partial charge in [-0.25, -0.2) is 0 Å². The van der Waals surface area contributed by atoms with E-state index in [4.69, 9.17) is 10.2 Å². The second kappa shape index (κ2) is 7.99. The number of hydrogen-bond donors (Lipinski definition) is 1. The number of likely N-dealkylation sites (tertiary alicyclic amines) is 1. The van der Waals surface area contributed by atoms with Gasteiger partial charge >= 0.3 is 0 Å². The van der Waals surface area contributed by atoms with Gasteiger partial charge in [0.05, 0.1) is 6.54 Å². The predicted octanol–water partition coefficient (Wildman–Crippen LogP) is 1.73. The summed E-state index contributed by atoms with van der Waals surface area (Å²) in [5.41, 5.74) is 5.67. The van der Waals surface area contributed by atoms with Crippen molar-refractivity contribution >= 4 is 40.2 Å². The van der Waals surface area contributed by atoms with Gasteiger partial charge in [0.2, 0.25) is 5.91 Å². The molecule has 0 bridgehead atoms. The molecule has 0 aliphatic carbocycles. The molecule has 0 saturated carbocycles. The van der Waals surface area contributed by atoms with E-state index in [1.165, 1.54) is 4.90 Å². The van der Waals surface area contributed by atoms with Crippen molar-refractivity contribution in [3.05, 3.63) is 22.6 Å².